The summed E-state index contributed by atoms with van der Waals surface area (Å²) in [6, 6.07) is 4.86. The number of hydrogen-bond acceptors (Lipinski definition) is 3. The zero-order valence-electron chi connectivity index (χ0n) is 11.4. The van der Waals surface area contributed by atoms with Gasteiger partial charge in [0.05, 0.1) is 19.3 Å². The van der Waals surface area contributed by atoms with Crippen molar-refractivity contribution in [2.45, 2.75) is 5.92 Å². The third kappa shape index (κ3) is 2.58. The Morgan fingerprint density at radius 1 is 1.29 bits per heavy atom. The van der Waals surface area contributed by atoms with Gasteiger partial charge >= 0.3 is 0 Å². The summed E-state index contributed by atoms with van der Waals surface area (Å²) in [7, 11) is 1.78. The number of nitrogens with zero attached hydrogens (tertiary/aromatic N) is 3. The summed E-state index contributed by atoms with van der Waals surface area (Å²) in [5.74, 6) is -3.21. The van der Waals surface area contributed by atoms with Crippen LogP contribution in [-0.2, 0) is 7.05 Å². The van der Waals surface area contributed by atoms with Gasteiger partial charge in [0.2, 0.25) is 0 Å². The lowest BCUT2D eigenvalue weighted by Crippen LogP contribution is -2.58. The molecule has 1 aliphatic rings. The zero-order valence-corrected chi connectivity index (χ0v) is 11.4. The van der Waals surface area contributed by atoms with E-state index in [-0.39, 0.29) is 0 Å². The highest BCUT2D eigenvalue weighted by atomic mass is 19.3. The molecule has 7 heteroatoms. The smallest absolute Gasteiger partial charge is 0.282 e. The minimum Gasteiger partial charge on any atom is -0.399 e. The maximum atomic E-state index is 12.9. The van der Waals surface area contributed by atoms with E-state index in [1.807, 2.05) is 0 Å². The summed E-state index contributed by atoms with van der Waals surface area (Å²) >= 11 is 0. The van der Waals surface area contributed by atoms with Gasteiger partial charge in [-0.1, -0.05) is 0 Å². The average Bonchev–Trinajstić information content (AvgIpc) is 2.81. The minimum absolute atomic E-state index is 0.310. The first kappa shape index (κ1) is 13.5. The van der Waals surface area contributed by atoms with E-state index in [2.05, 4.69) is 5.10 Å². The van der Waals surface area contributed by atoms with E-state index in [0.717, 1.165) is 16.0 Å². The summed E-state index contributed by atoms with van der Waals surface area (Å²) in [5.41, 5.74) is 8.07. The van der Waals surface area contributed by atoms with Crippen LogP contribution in [0.3, 0.4) is 0 Å². The molecule has 0 unspecified atom stereocenters. The number of nitrogen functional groups attached to an aromatic ring is 1. The number of anilines is 1. The van der Waals surface area contributed by atoms with Crippen LogP contribution in [-0.4, -0.2) is 39.6 Å². The van der Waals surface area contributed by atoms with Gasteiger partial charge in [-0.15, -0.1) is 0 Å². The molecule has 21 heavy (non-hydrogen) atoms. The molecule has 2 aromatic rings. The van der Waals surface area contributed by atoms with E-state index in [1.165, 1.54) is 6.07 Å². The molecule has 2 heterocycles. The van der Waals surface area contributed by atoms with Crippen LogP contribution in [0.25, 0.3) is 11.1 Å². The lowest BCUT2D eigenvalue weighted by Gasteiger charge is -2.38. The van der Waals surface area contributed by atoms with Gasteiger partial charge in [-0.3, -0.25) is 9.48 Å². The van der Waals surface area contributed by atoms with Crippen molar-refractivity contribution in [2.75, 3.05) is 18.8 Å². The molecule has 1 aromatic carbocycles. The molecule has 0 aliphatic carbocycles. The number of alkyl halides is 2. The van der Waals surface area contributed by atoms with Crippen LogP contribution < -0.4 is 5.73 Å². The fraction of sp³-hybridized carbons (Fsp3) is 0.286. The highest BCUT2D eigenvalue weighted by Crippen LogP contribution is 2.30. The molecule has 0 spiro atoms. The van der Waals surface area contributed by atoms with Crippen molar-refractivity contribution < 1.29 is 13.6 Å². The average molecular weight is 292 g/mol. The topological polar surface area (TPSA) is 64.2 Å². The van der Waals surface area contributed by atoms with Crippen LogP contribution >= 0.6 is 0 Å². The van der Waals surface area contributed by atoms with Gasteiger partial charge < -0.3 is 10.6 Å². The summed E-state index contributed by atoms with van der Waals surface area (Å²) < 4.78 is 27.4. The molecule has 1 amide bonds. The molecule has 0 radical (unpaired) electrons. The molecule has 1 aromatic heterocycles. The number of halogens is 2. The second-order valence-electron chi connectivity index (χ2n) is 5.26. The number of amides is 1. The molecule has 5 nitrogen and oxygen atoms in total. The van der Waals surface area contributed by atoms with E-state index < -0.39 is 24.9 Å². The quantitative estimate of drug-likeness (QED) is 0.858. The fourth-order valence-electron chi connectivity index (χ4n) is 2.35. The number of carbonyl (C=O) groups excluding carboxylic acids is 1. The summed E-state index contributed by atoms with van der Waals surface area (Å²) in [5, 5.41) is 4.06. The van der Waals surface area contributed by atoms with E-state index in [4.69, 9.17) is 5.73 Å². The van der Waals surface area contributed by atoms with Crippen LogP contribution in [0.15, 0.2) is 30.6 Å². The summed E-state index contributed by atoms with van der Waals surface area (Å²) in [6.45, 7) is -1.08. The molecule has 1 fully saturated rings. The number of aryl methyl sites for hydroxylation is 1. The fourth-order valence-corrected chi connectivity index (χ4v) is 2.35. The van der Waals surface area contributed by atoms with Gasteiger partial charge in [-0.2, -0.15) is 5.10 Å². The Morgan fingerprint density at radius 3 is 2.57 bits per heavy atom. The Hall–Kier alpha value is -2.44. The van der Waals surface area contributed by atoms with Crippen molar-refractivity contribution >= 4 is 11.6 Å². The van der Waals surface area contributed by atoms with Crippen molar-refractivity contribution in [3.63, 3.8) is 0 Å². The standard InChI is InChI=1S/C14H14F2N4O/c1-19-6-11(5-18-19)9-2-10(4-12(17)3-9)13(21)20-7-14(15,16)8-20/h2-6H,7-8,17H2,1H3. The predicted molar refractivity (Wildman–Crippen MR) is 73.9 cm³/mol. The van der Waals surface area contributed by atoms with Gasteiger partial charge in [-0.25, -0.2) is 8.78 Å². The second-order valence-corrected chi connectivity index (χ2v) is 5.26. The minimum atomic E-state index is -2.78. The molecule has 0 saturated carbocycles. The van der Waals surface area contributed by atoms with E-state index in [9.17, 15) is 13.6 Å². The third-order valence-electron chi connectivity index (χ3n) is 3.37. The maximum Gasteiger partial charge on any atom is 0.282 e. The summed E-state index contributed by atoms with van der Waals surface area (Å²) in [4.78, 5) is 13.3. The van der Waals surface area contributed by atoms with Crippen LogP contribution in [0.5, 0.6) is 0 Å². The van der Waals surface area contributed by atoms with Crippen LogP contribution in [0.2, 0.25) is 0 Å². The molecule has 2 N–H and O–H groups in total. The van der Waals surface area contributed by atoms with Crippen molar-refractivity contribution in [1.82, 2.24) is 14.7 Å². The molecule has 1 saturated heterocycles. The number of nitrogens with two attached hydrogens (primary N) is 1. The Kier molecular flexibility index (Phi) is 2.93. The molecule has 0 bridgehead atoms. The van der Waals surface area contributed by atoms with Crippen molar-refractivity contribution in [3.05, 3.63) is 36.2 Å². The molecular weight excluding hydrogens is 278 g/mol. The third-order valence-corrected chi connectivity index (χ3v) is 3.37. The van der Waals surface area contributed by atoms with Crippen LogP contribution in [0.4, 0.5) is 14.5 Å². The number of benzene rings is 1. The summed E-state index contributed by atoms with van der Waals surface area (Å²) in [6.07, 6.45) is 3.45. The second kappa shape index (κ2) is 4.54. The number of likely N-dealkylation sites (tertiary alicyclic amines) is 1. The lowest BCUT2D eigenvalue weighted by molar-refractivity contribution is -0.113. The monoisotopic (exact) mass is 292 g/mol. The normalized spacial score (nSPS) is 16.6. The highest BCUT2D eigenvalue weighted by molar-refractivity contribution is 5.97. The van der Waals surface area contributed by atoms with Crippen molar-refractivity contribution in [1.29, 1.82) is 0 Å². The molecule has 3 rings (SSSR count). The molecular formula is C14H14F2N4O. The SMILES string of the molecule is Cn1cc(-c2cc(N)cc(C(=O)N3CC(F)(F)C3)c2)cn1. The molecule has 110 valence electrons. The Bertz CT molecular complexity index is 703. The number of hydrogen-bond donors (Lipinski definition) is 1. The zero-order chi connectivity index (χ0) is 15.2. The first-order valence-corrected chi connectivity index (χ1v) is 6.41. The van der Waals surface area contributed by atoms with Crippen molar-refractivity contribution in [2.24, 2.45) is 7.05 Å². The number of aromatic nitrogens is 2. The Balaban J connectivity index is 1.90. The van der Waals surface area contributed by atoms with Gasteiger partial charge in [0.25, 0.3) is 11.8 Å². The van der Waals surface area contributed by atoms with E-state index >= 15 is 0 Å². The Labute approximate surface area is 120 Å². The van der Waals surface area contributed by atoms with Gasteiger partial charge in [0, 0.05) is 30.1 Å². The maximum absolute atomic E-state index is 12.9. The van der Waals surface area contributed by atoms with Gasteiger partial charge in [0.15, 0.2) is 0 Å². The van der Waals surface area contributed by atoms with Crippen LogP contribution in [0, 0.1) is 0 Å². The highest BCUT2D eigenvalue weighted by Gasteiger charge is 2.46. The largest absolute Gasteiger partial charge is 0.399 e. The Morgan fingerprint density at radius 2 is 2.00 bits per heavy atom. The first-order valence-electron chi connectivity index (χ1n) is 6.41. The lowest BCUT2D eigenvalue weighted by atomic mass is 10.0. The van der Waals surface area contributed by atoms with Crippen molar-refractivity contribution in [3.8, 4) is 11.1 Å². The van der Waals surface area contributed by atoms with Crippen LogP contribution in [0.1, 0.15) is 10.4 Å². The molecule has 0 atom stereocenters. The number of carbonyl (C=O) groups is 1. The van der Waals surface area contributed by atoms with E-state index in [0.29, 0.717) is 11.3 Å². The van der Waals surface area contributed by atoms with Gasteiger partial charge in [-0.05, 0) is 23.8 Å². The first-order chi connectivity index (χ1) is 9.84. The van der Waals surface area contributed by atoms with E-state index in [1.54, 1.807) is 36.3 Å². The van der Waals surface area contributed by atoms with Gasteiger partial charge in [0.1, 0.15) is 0 Å². The predicted octanol–water partition coefficient (Wildman–Crippen LogP) is 1.76. The molecule has 1 aliphatic heterocycles. The number of rotatable bonds is 2.